The minimum Gasteiger partial charge on any atom is -0.455 e. The molecule has 2 aromatic heterocycles. The number of nitrogens with zero attached hydrogens (tertiary/aromatic N) is 1. The fourth-order valence-corrected chi connectivity index (χ4v) is 4.90. The molecule has 0 amide bonds. The molecule has 3 nitrogen and oxygen atoms in total. The third kappa shape index (κ3) is 3.02. The van der Waals surface area contributed by atoms with E-state index in [1.807, 2.05) is 30.3 Å². The van der Waals surface area contributed by atoms with Crippen molar-refractivity contribution < 1.29 is 13.5 Å². The first-order chi connectivity index (χ1) is 15.2. The van der Waals surface area contributed by atoms with Crippen LogP contribution in [0.25, 0.3) is 44.0 Å². The van der Waals surface area contributed by atoms with E-state index >= 15 is 4.39 Å². The lowest BCUT2D eigenvalue weighted by molar-refractivity contribution is 0.0846. The summed E-state index contributed by atoms with van der Waals surface area (Å²) in [5.74, 6) is 0.0398. The maximum Gasteiger partial charge on any atom is 0.144 e. The number of halogens is 1. The van der Waals surface area contributed by atoms with E-state index in [0.29, 0.717) is 13.2 Å². The first-order valence-corrected chi connectivity index (χ1v) is 10.8. The van der Waals surface area contributed by atoms with Gasteiger partial charge in [0.25, 0.3) is 0 Å². The average molecular weight is 411 g/mol. The highest BCUT2D eigenvalue weighted by Crippen LogP contribution is 2.39. The lowest BCUT2D eigenvalue weighted by atomic mass is 9.89. The Morgan fingerprint density at radius 2 is 1.77 bits per heavy atom. The molecule has 6 rings (SSSR count). The first-order valence-electron chi connectivity index (χ1n) is 10.8. The quantitative estimate of drug-likeness (QED) is 0.310. The summed E-state index contributed by atoms with van der Waals surface area (Å²) >= 11 is 0. The van der Waals surface area contributed by atoms with Gasteiger partial charge in [0.15, 0.2) is 0 Å². The van der Waals surface area contributed by atoms with E-state index in [1.165, 1.54) is 0 Å². The van der Waals surface area contributed by atoms with Crippen LogP contribution in [0.1, 0.15) is 29.9 Å². The summed E-state index contributed by atoms with van der Waals surface area (Å²) in [4.78, 5) is 4.68. The molecule has 1 saturated heterocycles. The van der Waals surface area contributed by atoms with Crippen LogP contribution in [0.15, 0.2) is 65.2 Å². The van der Waals surface area contributed by atoms with Crippen LogP contribution in [-0.2, 0) is 4.74 Å². The monoisotopic (exact) mass is 411 g/mol. The van der Waals surface area contributed by atoms with Gasteiger partial charge < -0.3 is 9.15 Å². The number of pyridine rings is 1. The molecule has 0 spiro atoms. The van der Waals surface area contributed by atoms with E-state index in [2.05, 4.69) is 30.1 Å². The van der Waals surface area contributed by atoms with E-state index in [9.17, 15) is 0 Å². The summed E-state index contributed by atoms with van der Waals surface area (Å²) in [6.45, 7) is 3.45. The van der Waals surface area contributed by atoms with Gasteiger partial charge in [0.05, 0.1) is 5.69 Å². The molecule has 5 aromatic rings. The molecule has 0 aliphatic carbocycles. The van der Waals surface area contributed by atoms with Gasteiger partial charge in [-0.15, -0.1) is 0 Å². The third-order valence-corrected chi connectivity index (χ3v) is 6.42. The summed E-state index contributed by atoms with van der Waals surface area (Å²) in [6, 6.07) is 17.9. The van der Waals surface area contributed by atoms with Crippen molar-refractivity contribution in [2.24, 2.45) is 0 Å². The van der Waals surface area contributed by atoms with Crippen LogP contribution in [0, 0.1) is 12.7 Å². The minimum absolute atomic E-state index is 0.165. The molecule has 1 aliphatic heterocycles. The van der Waals surface area contributed by atoms with E-state index in [1.54, 1.807) is 12.3 Å². The lowest BCUT2D eigenvalue weighted by Gasteiger charge is -2.23. The molecule has 3 heterocycles. The zero-order valence-electron chi connectivity index (χ0n) is 17.3. The van der Waals surface area contributed by atoms with Crippen LogP contribution in [0.4, 0.5) is 4.39 Å². The van der Waals surface area contributed by atoms with Crippen molar-refractivity contribution in [3.8, 4) is 11.3 Å². The van der Waals surface area contributed by atoms with Crippen LogP contribution >= 0.6 is 0 Å². The topological polar surface area (TPSA) is 35.3 Å². The molecule has 1 fully saturated rings. The second-order valence-corrected chi connectivity index (χ2v) is 8.43. The van der Waals surface area contributed by atoms with E-state index in [4.69, 9.17) is 9.15 Å². The number of rotatable bonds is 2. The Bertz CT molecular complexity index is 1450. The standard InChI is InChI=1S/C27H22FNO2/c1-16-12-22-19-4-2-3-5-25(19)31-27(22)23(13-16)26-21-15-24(28)20(14-18(21)6-9-29-26)17-7-10-30-11-8-17/h2-6,9,12-15,17H,7-8,10-11H2,1H3. The number of hydrogen-bond donors (Lipinski definition) is 0. The predicted molar refractivity (Wildman–Crippen MR) is 122 cm³/mol. The molecule has 0 unspecified atom stereocenters. The predicted octanol–water partition coefficient (Wildman–Crippen LogP) is 7.14. The summed E-state index contributed by atoms with van der Waals surface area (Å²) < 4.78 is 27.0. The highest BCUT2D eigenvalue weighted by Gasteiger charge is 2.22. The summed E-state index contributed by atoms with van der Waals surface area (Å²) in [6.07, 6.45) is 3.52. The fourth-order valence-electron chi connectivity index (χ4n) is 4.90. The molecule has 0 saturated carbocycles. The summed E-state index contributed by atoms with van der Waals surface area (Å²) in [5.41, 5.74) is 5.19. The van der Waals surface area contributed by atoms with Crippen molar-refractivity contribution in [2.45, 2.75) is 25.7 Å². The maximum atomic E-state index is 15.3. The molecule has 0 bridgehead atoms. The number of ether oxygens (including phenoxy) is 1. The van der Waals surface area contributed by atoms with Crippen LogP contribution in [0.3, 0.4) is 0 Å². The van der Waals surface area contributed by atoms with Gasteiger partial charge in [0.2, 0.25) is 0 Å². The summed E-state index contributed by atoms with van der Waals surface area (Å²) in [5, 5.41) is 3.95. The highest BCUT2D eigenvalue weighted by molar-refractivity contribution is 6.11. The second kappa shape index (κ2) is 7.17. The van der Waals surface area contributed by atoms with E-state index < -0.39 is 0 Å². The largest absolute Gasteiger partial charge is 0.455 e. The SMILES string of the molecule is Cc1cc(-c2nccc3cc(C4CCOCC4)c(F)cc23)c2oc3ccccc3c2c1. The number of para-hydroxylation sites is 1. The molecule has 3 aromatic carbocycles. The Labute approximate surface area is 179 Å². The van der Waals surface area contributed by atoms with Gasteiger partial charge in [-0.05, 0) is 78.6 Å². The van der Waals surface area contributed by atoms with Crippen molar-refractivity contribution in [3.05, 3.63) is 77.7 Å². The molecule has 0 N–H and O–H groups in total. The maximum absolute atomic E-state index is 15.3. The summed E-state index contributed by atoms with van der Waals surface area (Å²) in [7, 11) is 0. The van der Waals surface area contributed by atoms with Crippen LogP contribution in [-0.4, -0.2) is 18.2 Å². The van der Waals surface area contributed by atoms with Gasteiger partial charge >= 0.3 is 0 Å². The van der Waals surface area contributed by atoms with Gasteiger partial charge in [-0.3, -0.25) is 4.98 Å². The van der Waals surface area contributed by atoms with Crippen LogP contribution in [0.2, 0.25) is 0 Å². The number of benzene rings is 3. The van der Waals surface area contributed by atoms with Crippen LogP contribution in [0.5, 0.6) is 0 Å². The van der Waals surface area contributed by atoms with Gasteiger partial charge in [-0.2, -0.15) is 0 Å². The Balaban J connectivity index is 1.60. The number of fused-ring (bicyclic) bond motifs is 4. The van der Waals surface area contributed by atoms with Crippen molar-refractivity contribution in [2.75, 3.05) is 13.2 Å². The highest BCUT2D eigenvalue weighted by atomic mass is 19.1. The zero-order valence-corrected chi connectivity index (χ0v) is 17.3. The third-order valence-electron chi connectivity index (χ3n) is 6.42. The molecular formula is C27H22FNO2. The smallest absolute Gasteiger partial charge is 0.144 e. The first kappa shape index (κ1) is 18.5. The number of furan rings is 1. The number of hydrogen-bond acceptors (Lipinski definition) is 3. The normalized spacial score (nSPS) is 15.3. The van der Waals surface area contributed by atoms with Crippen molar-refractivity contribution in [1.82, 2.24) is 4.98 Å². The molecule has 0 radical (unpaired) electrons. The lowest BCUT2D eigenvalue weighted by Crippen LogP contribution is -2.15. The molecule has 31 heavy (non-hydrogen) atoms. The molecule has 154 valence electrons. The number of aryl methyl sites for hydroxylation is 1. The van der Waals surface area contributed by atoms with Gasteiger partial charge in [-0.1, -0.05) is 18.2 Å². The van der Waals surface area contributed by atoms with E-state index in [0.717, 1.165) is 67.9 Å². The molecule has 0 atom stereocenters. The van der Waals surface area contributed by atoms with Gasteiger partial charge in [0, 0.05) is 41.1 Å². The van der Waals surface area contributed by atoms with Crippen LogP contribution < -0.4 is 0 Å². The van der Waals surface area contributed by atoms with Crippen molar-refractivity contribution >= 4 is 32.7 Å². The van der Waals surface area contributed by atoms with Gasteiger partial charge in [-0.25, -0.2) is 4.39 Å². The molecular weight excluding hydrogens is 389 g/mol. The fraction of sp³-hybridized carbons (Fsp3) is 0.222. The second-order valence-electron chi connectivity index (χ2n) is 8.43. The Morgan fingerprint density at radius 3 is 2.65 bits per heavy atom. The Kier molecular flexibility index (Phi) is 4.29. The minimum atomic E-state index is -0.165. The van der Waals surface area contributed by atoms with E-state index in [-0.39, 0.29) is 11.7 Å². The molecule has 1 aliphatic rings. The number of aromatic nitrogens is 1. The average Bonchev–Trinajstić information content (AvgIpc) is 3.17. The molecule has 4 heteroatoms. The zero-order chi connectivity index (χ0) is 20.9. The Morgan fingerprint density at radius 1 is 0.935 bits per heavy atom. The van der Waals surface area contributed by atoms with Gasteiger partial charge in [0.1, 0.15) is 17.0 Å². The van der Waals surface area contributed by atoms with Crippen molar-refractivity contribution in [1.29, 1.82) is 0 Å². The van der Waals surface area contributed by atoms with Crippen molar-refractivity contribution in [3.63, 3.8) is 0 Å². The Hall–Kier alpha value is -3.24.